The van der Waals surface area contributed by atoms with Gasteiger partial charge >= 0.3 is 0 Å². The van der Waals surface area contributed by atoms with E-state index in [4.69, 9.17) is 4.99 Å². The maximum atomic E-state index is 13.8. The summed E-state index contributed by atoms with van der Waals surface area (Å²) < 4.78 is 2.65. The fraction of sp³-hybridized carbons (Fsp3) is 0.200. The molecule has 0 saturated carbocycles. The molecule has 0 bridgehead atoms. The van der Waals surface area contributed by atoms with Gasteiger partial charge in [0.2, 0.25) is 0 Å². The molecule has 1 aliphatic heterocycles. The van der Waals surface area contributed by atoms with E-state index in [1.54, 1.807) is 0 Å². The lowest BCUT2D eigenvalue weighted by molar-refractivity contribution is 0.585. The summed E-state index contributed by atoms with van der Waals surface area (Å²) in [6, 6.07) is 27.3. The number of allylic oxidation sites excluding steroid dienone is 1. The van der Waals surface area contributed by atoms with E-state index in [0.29, 0.717) is 5.92 Å². The topological polar surface area (TPSA) is 34.4 Å². The molecule has 0 saturated heterocycles. The van der Waals surface area contributed by atoms with Crippen LogP contribution in [0.2, 0.25) is 0 Å². The fourth-order valence-electron chi connectivity index (χ4n) is 5.09. The Morgan fingerprint density at radius 1 is 0.941 bits per heavy atom. The highest BCUT2D eigenvalue weighted by molar-refractivity contribution is 7.07. The average Bonchev–Trinajstić information content (AvgIpc) is 3.17. The van der Waals surface area contributed by atoms with Crippen LogP contribution in [0.1, 0.15) is 60.0 Å². The van der Waals surface area contributed by atoms with Crippen molar-refractivity contribution in [3.8, 4) is 0 Å². The molecule has 4 aromatic rings. The average molecular weight is 463 g/mol. The lowest BCUT2D eigenvalue weighted by Gasteiger charge is -2.31. The Balaban J connectivity index is 1.61. The monoisotopic (exact) mass is 462 g/mol. The van der Waals surface area contributed by atoms with Crippen LogP contribution in [0.4, 0.5) is 0 Å². The van der Waals surface area contributed by atoms with E-state index >= 15 is 0 Å². The first kappa shape index (κ1) is 21.1. The Morgan fingerprint density at radius 3 is 2.44 bits per heavy atom. The number of nitrogens with zero attached hydrogens (tertiary/aromatic N) is 2. The number of aryl methyl sites for hydroxylation is 1. The van der Waals surface area contributed by atoms with Gasteiger partial charge in [0.05, 0.1) is 16.3 Å². The number of fused-ring (bicyclic) bond motifs is 3. The summed E-state index contributed by atoms with van der Waals surface area (Å²) in [5.41, 5.74) is 8.36. The SMILES string of the molecule is CC(C)c1ccc(C2C3=C(N=c4sc(=Cc5ccccc5)c(=O)n42)c2ccccc2CC3)cc1. The molecule has 3 aromatic carbocycles. The zero-order chi connectivity index (χ0) is 23.2. The second kappa shape index (κ2) is 8.37. The number of aromatic nitrogens is 1. The second-order valence-electron chi connectivity index (χ2n) is 9.35. The van der Waals surface area contributed by atoms with Crippen LogP contribution in [0.3, 0.4) is 0 Å². The molecule has 0 N–H and O–H groups in total. The van der Waals surface area contributed by atoms with Crippen molar-refractivity contribution in [2.75, 3.05) is 0 Å². The molecule has 1 atom stereocenters. The predicted molar refractivity (Wildman–Crippen MR) is 140 cm³/mol. The molecule has 6 rings (SSSR count). The fourth-order valence-corrected chi connectivity index (χ4v) is 6.09. The smallest absolute Gasteiger partial charge is 0.271 e. The van der Waals surface area contributed by atoms with Crippen LogP contribution in [0.25, 0.3) is 11.8 Å². The lowest BCUT2D eigenvalue weighted by Crippen LogP contribution is -2.38. The summed E-state index contributed by atoms with van der Waals surface area (Å²) in [6.45, 7) is 4.42. The van der Waals surface area contributed by atoms with Crippen LogP contribution >= 0.6 is 11.3 Å². The maximum absolute atomic E-state index is 13.8. The van der Waals surface area contributed by atoms with Crippen molar-refractivity contribution >= 4 is 23.1 Å². The Labute approximate surface area is 203 Å². The molecule has 168 valence electrons. The largest absolute Gasteiger partial charge is 0.272 e. The van der Waals surface area contributed by atoms with Crippen LogP contribution < -0.4 is 14.9 Å². The van der Waals surface area contributed by atoms with Gasteiger partial charge in [-0.15, -0.1) is 0 Å². The number of benzene rings is 3. The van der Waals surface area contributed by atoms with Gasteiger partial charge in [0.1, 0.15) is 0 Å². The third kappa shape index (κ3) is 3.50. The van der Waals surface area contributed by atoms with Gasteiger partial charge in [-0.3, -0.25) is 9.36 Å². The van der Waals surface area contributed by atoms with E-state index in [1.165, 1.54) is 33.6 Å². The predicted octanol–water partition coefficient (Wildman–Crippen LogP) is 5.44. The minimum absolute atomic E-state index is 0.0379. The van der Waals surface area contributed by atoms with Gasteiger partial charge in [-0.05, 0) is 52.7 Å². The first-order chi connectivity index (χ1) is 16.6. The van der Waals surface area contributed by atoms with E-state index in [9.17, 15) is 4.79 Å². The van der Waals surface area contributed by atoms with Crippen LogP contribution in [-0.2, 0) is 6.42 Å². The third-order valence-corrected chi connectivity index (χ3v) is 7.87. The molecule has 0 fully saturated rings. The summed E-state index contributed by atoms with van der Waals surface area (Å²) >= 11 is 1.49. The first-order valence-corrected chi connectivity index (χ1v) is 12.7. The Kier molecular flexibility index (Phi) is 5.19. The second-order valence-corrected chi connectivity index (χ2v) is 10.4. The van der Waals surface area contributed by atoms with Gasteiger partial charge in [0.15, 0.2) is 4.80 Å². The maximum Gasteiger partial charge on any atom is 0.271 e. The Morgan fingerprint density at radius 2 is 1.68 bits per heavy atom. The van der Waals surface area contributed by atoms with Crippen LogP contribution in [-0.4, -0.2) is 4.57 Å². The summed E-state index contributed by atoms with van der Waals surface area (Å²) in [5.74, 6) is 0.471. The number of hydrogen-bond acceptors (Lipinski definition) is 3. The van der Waals surface area contributed by atoms with Crippen molar-refractivity contribution in [1.82, 2.24) is 4.57 Å². The van der Waals surface area contributed by atoms with Crippen molar-refractivity contribution < 1.29 is 0 Å². The minimum atomic E-state index is -0.126. The summed E-state index contributed by atoms with van der Waals surface area (Å²) in [7, 11) is 0. The molecule has 0 amide bonds. The lowest BCUT2D eigenvalue weighted by atomic mass is 9.83. The molecule has 2 aliphatic rings. The summed E-state index contributed by atoms with van der Waals surface area (Å²) in [5, 5.41) is 0. The molecular formula is C30H26N2OS. The van der Waals surface area contributed by atoms with E-state index in [1.807, 2.05) is 41.0 Å². The highest BCUT2D eigenvalue weighted by Gasteiger charge is 2.32. The van der Waals surface area contributed by atoms with Crippen molar-refractivity contribution in [3.63, 3.8) is 0 Å². The summed E-state index contributed by atoms with van der Waals surface area (Å²) in [6.07, 6.45) is 3.87. The molecule has 1 aromatic heterocycles. The highest BCUT2D eigenvalue weighted by Crippen LogP contribution is 2.41. The Hall–Kier alpha value is -3.50. The molecule has 3 nitrogen and oxygen atoms in total. The van der Waals surface area contributed by atoms with Gasteiger partial charge < -0.3 is 0 Å². The van der Waals surface area contributed by atoms with Crippen molar-refractivity contribution in [3.05, 3.63) is 132 Å². The van der Waals surface area contributed by atoms with Crippen molar-refractivity contribution in [1.29, 1.82) is 0 Å². The van der Waals surface area contributed by atoms with E-state index in [2.05, 4.69) is 62.4 Å². The zero-order valence-corrected chi connectivity index (χ0v) is 20.2. The number of thiazole rings is 1. The molecule has 1 unspecified atom stereocenters. The molecular weight excluding hydrogens is 436 g/mol. The molecule has 34 heavy (non-hydrogen) atoms. The molecule has 2 heterocycles. The van der Waals surface area contributed by atoms with Crippen molar-refractivity contribution in [2.45, 2.75) is 38.6 Å². The van der Waals surface area contributed by atoms with Gasteiger partial charge in [0.25, 0.3) is 5.56 Å². The van der Waals surface area contributed by atoms with Crippen LogP contribution in [0.15, 0.2) is 94.2 Å². The van der Waals surface area contributed by atoms with E-state index in [-0.39, 0.29) is 11.6 Å². The third-order valence-electron chi connectivity index (χ3n) is 6.89. The first-order valence-electron chi connectivity index (χ1n) is 11.9. The molecule has 0 radical (unpaired) electrons. The van der Waals surface area contributed by atoms with Crippen molar-refractivity contribution in [2.24, 2.45) is 4.99 Å². The quantitative estimate of drug-likeness (QED) is 0.399. The van der Waals surface area contributed by atoms with E-state index < -0.39 is 0 Å². The number of rotatable bonds is 3. The number of hydrogen-bond donors (Lipinski definition) is 0. The molecule has 4 heteroatoms. The standard InChI is InChI=1S/C30H26N2OS/c1-19(2)21-12-14-23(15-13-21)28-25-17-16-22-10-6-7-11-24(22)27(25)31-30-32(28)29(33)26(34-30)18-20-8-4-3-5-9-20/h3-15,18-19,28H,16-17H2,1-2H3. The van der Waals surface area contributed by atoms with Gasteiger partial charge in [0, 0.05) is 5.56 Å². The molecule has 0 spiro atoms. The normalized spacial score (nSPS) is 17.3. The molecule has 1 aliphatic carbocycles. The van der Waals surface area contributed by atoms with Crippen LogP contribution in [0, 0.1) is 0 Å². The zero-order valence-electron chi connectivity index (χ0n) is 19.4. The van der Waals surface area contributed by atoms with E-state index in [0.717, 1.165) is 39.0 Å². The highest BCUT2D eigenvalue weighted by atomic mass is 32.1. The minimum Gasteiger partial charge on any atom is -0.272 e. The van der Waals surface area contributed by atoms with Gasteiger partial charge in [-0.25, -0.2) is 4.99 Å². The Bertz CT molecular complexity index is 1590. The van der Waals surface area contributed by atoms with Gasteiger partial charge in [-0.2, -0.15) is 0 Å². The van der Waals surface area contributed by atoms with Gasteiger partial charge in [-0.1, -0.05) is 104 Å². The van der Waals surface area contributed by atoms with Crippen LogP contribution in [0.5, 0.6) is 0 Å². The summed E-state index contributed by atoms with van der Waals surface area (Å²) in [4.78, 5) is 19.6.